The summed E-state index contributed by atoms with van der Waals surface area (Å²) >= 11 is 0. The van der Waals surface area contributed by atoms with Crippen LogP contribution in [0.4, 0.5) is 11.6 Å². The van der Waals surface area contributed by atoms with Crippen LogP contribution in [0.2, 0.25) is 0 Å². The molecule has 0 fully saturated rings. The third-order valence-corrected chi connectivity index (χ3v) is 3.31. The highest BCUT2D eigenvalue weighted by molar-refractivity contribution is 5.55. The lowest BCUT2D eigenvalue weighted by molar-refractivity contribution is 0.778. The first-order valence-corrected chi connectivity index (χ1v) is 7.03. The number of hydrogen-bond acceptors (Lipinski definition) is 4. The first kappa shape index (κ1) is 14.3. The molecule has 0 aliphatic carbocycles. The van der Waals surface area contributed by atoms with Gasteiger partial charge >= 0.3 is 0 Å². The van der Waals surface area contributed by atoms with E-state index in [9.17, 15) is 0 Å². The van der Waals surface area contributed by atoms with Gasteiger partial charge in [-0.25, -0.2) is 9.97 Å². The van der Waals surface area contributed by atoms with Crippen molar-refractivity contribution in [1.29, 1.82) is 0 Å². The number of aryl methyl sites for hydroxylation is 1. The summed E-state index contributed by atoms with van der Waals surface area (Å²) in [5.41, 5.74) is 8.16. The number of hydrogen-bond donors (Lipinski definition) is 2. The minimum Gasteiger partial charge on any atom is -0.383 e. The Morgan fingerprint density at radius 1 is 1.20 bits per heavy atom. The molecular formula is C16H22N4. The highest BCUT2D eigenvalue weighted by Crippen LogP contribution is 2.19. The number of aromatic nitrogens is 2. The summed E-state index contributed by atoms with van der Waals surface area (Å²) in [4.78, 5) is 8.80. The molecule has 0 spiro atoms. The van der Waals surface area contributed by atoms with Crippen molar-refractivity contribution in [3.63, 3.8) is 0 Å². The molecule has 0 bridgehead atoms. The fourth-order valence-corrected chi connectivity index (χ4v) is 2.13. The van der Waals surface area contributed by atoms with E-state index in [4.69, 9.17) is 5.73 Å². The van der Waals surface area contributed by atoms with E-state index >= 15 is 0 Å². The largest absolute Gasteiger partial charge is 0.383 e. The second-order valence-electron chi connectivity index (χ2n) is 5.09. The van der Waals surface area contributed by atoms with Gasteiger partial charge in [0.1, 0.15) is 17.5 Å². The van der Waals surface area contributed by atoms with Gasteiger partial charge in [-0.2, -0.15) is 0 Å². The zero-order valence-corrected chi connectivity index (χ0v) is 12.4. The number of nitrogens with zero attached hydrogens (tertiary/aromatic N) is 2. The maximum Gasteiger partial charge on any atom is 0.134 e. The van der Waals surface area contributed by atoms with Crippen LogP contribution in [0.25, 0.3) is 0 Å². The SMILES string of the molecule is CCc1nc(N)c(C)c(NC(C)Cc2ccccc2)n1. The molecule has 1 aromatic heterocycles. The highest BCUT2D eigenvalue weighted by Gasteiger charge is 2.11. The number of benzene rings is 1. The van der Waals surface area contributed by atoms with Gasteiger partial charge in [0.05, 0.1) is 0 Å². The normalized spacial score (nSPS) is 12.2. The van der Waals surface area contributed by atoms with Crippen LogP contribution in [0.5, 0.6) is 0 Å². The number of anilines is 2. The number of rotatable bonds is 5. The molecule has 1 aromatic carbocycles. The van der Waals surface area contributed by atoms with E-state index in [1.165, 1.54) is 5.56 Å². The van der Waals surface area contributed by atoms with E-state index in [2.05, 4.69) is 46.5 Å². The van der Waals surface area contributed by atoms with Gasteiger partial charge in [0.25, 0.3) is 0 Å². The quantitative estimate of drug-likeness (QED) is 0.876. The summed E-state index contributed by atoms with van der Waals surface area (Å²) in [5.74, 6) is 2.19. The summed E-state index contributed by atoms with van der Waals surface area (Å²) in [5, 5.41) is 3.44. The molecule has 106 valence electrons. The van der Waals surface area contributed by atoms with E-state index in [0.29, 0.717) is 5.82 Å². The minimum absolute atomic E-state index is 0.287. The summed E-state index contributed by atoms with van der Waals surface area (Å²) in [6.45, 7) is 6.13. The van der Waals surface area contributed by atoms with E-state index in [1.807, 2.05) is 19.9 Å². The van der Waals surface area contributed by atoms with Crippen LogP contribution in [0.3, 0.4) is 0 Å². The van der Waals surface area contributed by atoms with Gasteiger partial charge in [0.15, 0.2) is 0 Å². The van der Waals surface area contributed by atoms with E-state index in [0.717, 1.165) is 30.0 Å². The van der Waals surface area contributed by atoms with Crippen LogP contribution >= 0.6 is 0 Å². The molecule has 4 heteroatoms. The third-order valence-electron chi connectivity index (χ3n) is 3.31. The second kappa shape index (κ2) is 6.37. The van der Waals surface area contributed by atoms with Crippen molar-refractivity contribution in [2.24, 2.45) is 0 Å². The first-order chi connectivity index (χ1) is 9.60. The van der Waals surface area contributed by atoms with Crippen LogP contribution in [-0.2, 0) is 12.8 Å². The molecule has 0 aliphatic rings. The molecule has 1 unspecified atom stereocenters. The Morgan fingerprint density at radius 2 is 1.90 bits per heavy atom. The van der Waals surface area contributed by atoms with Crippen molar-refractivity contribution < 1.29 is 0 Å². The van der Waals surface area contributed by atoms with Gasteiger partial charge in [-0.3, -0.25) is 0 Å². The lowest BCUT2D eigenvalue weighted by Gasteiger charge is -2.17. The van der Waals surface area contributed by atoms with Crippen LogP contribution in [0, 0.1) is 6.92 Å². The average molecular weight is 270 g/mol. The molecule has 0 aliphatic heterocycles. The summed E-state index contributed by atoms with van der Waals surface area (Å²) in [6.07, 6.45) is 1.73. The molecule has 0 saturated heterocycles. The molecule has 0 saturated carbocycles. The topological polar surface area (TPSA) is 63.8 Å². The van der Waals surface area contributed by atoms with Gasteiger partial charge in [-0.05, 0) is 25.8 Å². The lowest BCUT2D eigenvalue weighted by atomic mass is 10.1. The number of nitrogen functional groups attached to an aromatic ring is 1. The van der Waals surface area contributed by atoms with E-state index < -0.39 is 0 Å². The Bertz CT molecular complexity index is 566. The molecule has 1 heterocycles. The Hall–Kier alpha value is -2.10. The number of nitrogens with two attached hydrogens (primary N) is 1. The summed E-state index contributed by atoms with van der Waals surface area (Å²) < 4.78 is 0. The second-order valence-corrected chi connectivity index (χ2v) is 5.09. The fourth-order valence-electron chi connectivity index (χ4n) is 2.13. The van der Waals surface area contributed by atoms with Crippen LogP contribution in [-0.4, -0.2) is 16.0 Å². The van der Waals surface area contributed by atoms with E-state index in [1.54, 1.807) is 0 Å². The Labute approximate surface area is 120 Å². The van der Waals surface area contributed by atoms with Gasteiger partial charge in [-0.15, -0.1) is 0 Å². The summed E-state index contributed by atoms with van der Waals surface area (Å²) in [6, 6.07) is 10.7. The van der Waals surface area contributed by atoms with Gasteiger partial charge in [0, 0.05) is 18.0 Å². The maximum atomic E-state index is 5.93. The molecule has 0 amide bonds. The molecule has 0 radical (unpaired) electrons. The van der Waals surface area contributed by atoms with Crippen LogP contribution < -0.4 is 11.1 Å². The molecule has 20 heavy (non-hydrogen) atoms. The zero-order chi connectivity index (χ0) is 14.5. The standard InChI is InChI=1S/C16H22N4/c1-4-14-19-15(17)12(3)16(20-14)18-11(2)10-13-8-6-5-7-9-13/h5-9,11H,4,10H2,1-3H3,(H3,17,18,19,20). The average Bonchev–Trinajstić information content (AvgIpc) is 2.44. The smallest absolute Gasteiger partial charge is 0.134 e. The monoisotopic (exact) mass is 270 g/mol. The molecule has 4 nitrogen and oxygen atoms in total. The molecule has 3 N–H and O–H groups in total. The first-order valence-electron chi connectivity index (χ1n) is 7.03. The molecule has 1 atom stereocenters. The van der Waals surface area contributed by atoms with Gasteiger partial charge in [0.2, 0.25) is 0 Å². The van der Waals surface area contributed by atoms with Gasteiger partial charge in [-0.1, -0.05) is 37.3 Å². The predicted molar refractivity (Wildman–Crippen MR) is 83.8 cm³/mol. The van der Waals surface area contributed by atoms with Gasteiger partial charge < -0.3 is 11.1 Å². The fraction of sp³-hybridized carbons (Fsp3) is 0.375. The van der Waals surface area contributed by atoms with Crippen molar-refractivity contribution in [2.45, 2.75) is 39.7 Å². The van der Waals surface area contributed by atoms with Crippen LogP contribution in [0.15, 0.2) is 30.3 Å². The maximum absolute atomic E-state index is 5.93. The Morgan fingerprint density at radius 3 is 2.55 bits per heavy atom. The number of nitrogens with one attached hydrogen (secondary N) is 1. The predicted octanol–water partition coefficient (Wildman–Crippen LogP) is 2.97. The van der Waals surface area contributed by atoms with Crippen LogP contribution in [0.1, 0.15) is 30.8 Å². The minimum atomic E-state index is 0.287. The van der Waals surface area contributed by atoms with Crippen molar-refractivity contribution in [2.75, 3.05) is 11.1 Å². The molecular weight excluding hydrogens is 248 g/mol. The third kappa shape index (κ3) is 3.47. The Balaban J connectivity index is 2.11. The molecule has 2 aromatic rings. The highest BCUT2D eigenvalue weighted by atomic mass is 15.1. The van der Waals surface area contributed by atoms with Crippen molar-refractivity contribution in [3.05, 3.63) is 47.3 Å². The van der Waals surface area contributed by atoms with Crippen molar-refractivity contribution in [1.82, 2.24) is 9.97 Å². The van der Waals surface area contributed by atoms with Crippen molar-refractivity contribution >= 4 is 11.6 Å². The summed E-state index contributed by atoms with van der Waals surface area (Å²) in [7, 11) is 0. The molecule has 2 rings (SSSR count). The lowest BCUT2D eigenvalue weighted by Crippen LogP contribution is -2.20. The zero-order valence-electron chi connectivity index (χ0n) is 12.4. The van der Waals surface area contributed by atoms with Crippen molar-refractivity contribution in [3.8, 4) is 0 Å². The van der Waals surface area contributed by atoms with E-state index in [-0.39, 0.29) is 6.04 Å². The Kier molecular flexibility index (Phi) is 4.56.